The van der Waals surface area contributed by atoms with Crippen LogP contribution in [-0.2, 0) is 20.8 Å². The summed E-state index contributed by atoms with van der Waals surface area (Å²) in [7, 11) is 0. The molecule has 0 bridgehead atoms. The maximum Gasteiger partial charge on any atom is 0.326 e. The van der Waals surface area contributed by atoms with Gasteiger partial charge < -0.3 is 15.5 Å². The van der Waals surface area contributed by atoms with Gasteiger partial charge in [-0.2, -0.15) is 0 Å². The van der Waals surface area contributed by atoms with Crippen molar-refractivity contribution in [3.05, 3.63) is 35.9 Å². The SMILES string of the molecule is O=CN[C@@H](CC(Cc1ccccc1)C(=O)O)C(=O)O. The summed E-state index contributed by atoms with van der Waals surface area (Å²) in [6.45, 7) is 0. The van der Waals surface area contributed by atoms with Crippen LogP contribution in [0.3, 0.4) is 0 Å². The molecule has 0 aliphatic rings. The molecule has 102 valence electrons. The second-order valence-electron chi connectivity index (χ2n) is 4.14. The molecule has 0 aliphatic carbocycles. The first-order valence-electron chi connectivity index (χ1n) is 5.73. The van der Waals surface area contributed by atoms with Crippen LogP contribution in [0.5, 0.6) is 0 Å². The van der Waals surface area contributed by atoms with Crippen molar-refractivity contribution in [1.29, 1.82) is 0 Å². The van der Waals surface area contributed by atoms with Crippen molar-refractivity contribution in [3.63, 3.8) is 0 Å². The standard InChI is InChI=1S/C13H15NO5/c15-8-14-11(13(18)19)7-10(12(16)17)6-9-4-2-1-3-5-9/h1-5,8,10-11H,6-7H2,(H,14,15)(H,16,17)(H,18,19)/t10?,11-/m0/s1. The minimum absolute atomic E-state index is 0.154. The molecule has 0 fully saturated rings. The van der Waals surface area contributed by atoms with Crippen LogP contribution in [0.15, 0.2) is 30.3 Å². The lowest BCUT2D eigenvalue weighted by Crippen LogP contribution is -2.39. The highest BCUT2D eigenvalue weighted by Crippen LogP contribution is 2.15. The van der Waals surface area contributed by atoms with Crippen molar-refractivity contribution >= 4 is 18.3 Å². The third-order valence-corrected chi connectivity index (χ3v) is 2.76. The number of carbonyl (C=O) groups excluding carboxylic acids is 1. The van der Waals surface area contributed by atoms with Gasteiger partial charge in [0.2, 0.25) is 6.41 Å². The molecule has 1 aromatic rings. The molecule has 1 amide bonds. The van der Waals surface area contributed by atoms with Gasteiger partial charge >= 0.3 is 11.9 Å². The molecule has 0 saturated carbocycles. The summed E-state index contributed by atoms with van der Waals surface area (Å²) < 4.78 is 0. The third-order valence-electron chi connectivity index (χ3n) is 2.76. The summed E-state index contributed by atoms with van der Waals surface area (Å²) in [5, 5.41) is 20.1. The number of rotatable bonds is 8. The second kappa shape index (κ2) is 7.15. The van der Waals surface area contributed by atoms with Gasteiger partial charge in [0.05, 0.1) is 5.92 Å². The lowest BCUT2D eigenvalue weighted by molar-refractivity contribution is -0.144. The zero-order chi connectivity index (χ0) is 14.3. The molecule has 1 aromatic carbocycles. The molecule has 3 N–H and O–H groups in total. The molecule has 0 heterocycles. The molecule has 19 heavy (non-hydrogen) atoms. The normalized spacial score (nSPS) is 13.3. The highest BCUT2D eigenvalue weighted by atomic mass is 16.4. The first-order chi connectivity index (χ1) is 9.04. The van der Waals surface area contributed by atoms with E-state index in [1.807, 2.05) is 6.07 Å². The predicted molar refractivity (Wildman–Crippen MR) is 66.5 cm³/mol. The first kappa shape index (κ1) is 14.7. The van der Waals surface area contributed by atoms with E-state index in [0.29, 0.717) is 0 Å². The monoisotopic (exact) mass is 265 g/mol. The molecular weight excluding hydrogens is 250 g/mol. The number of carbonyl (C=O) groups is 3. The maximum absolute atomic E-state index is 11.2. The Labute approximate surface area is 110 Å². The first-order valence-corrected chi connectivity index (χ1v) is 5.73. The number of nitrogens with one attached hydrogen (secondary N) is 1. The van der Waals surface area contributed by atoms with E-state index in [0.717, 1.165) is 5.56 Å². The molecule has 0 saturated heterocycles. The maximum atomic E-state index is 11.2. The van der Waals surface area contributed by atoms with E-state index in [2.05, 4.69) is 5.32 Å². The van der Waals surface area contributed by atoms with Crippen LogP contribution < -0.4 is 5.32 Å². The summed E-state index contributed by atoms with van der Waals surface area (Å²) in [4.78, 5) is 32.4. The van der Waals surface area contributed by atoms with Gasteiger partial charge in [0.25, 0.3) is 0 Å². The molecule has 2 atom stereocenters. The summed E-state index contributed by atoms with van der Waals surface area (Å²) in [6.07, 6.45) is 0.332. The smallest absolute Gasteiger partial charge is 0.326 e. The summed E-state index contributed by atoms with van der Waals surface area (Å²) >= 11 is 0. The van der Waals surface area contributed by atoms with Gasteiger partial charge in [0, 0.05) is 0 Å². The summed E-state index contributed by atoms with van der Waals surface area (Å²) in [5.41, 5.74) is 0.810. The molecule has 0 radical (unpaired) electrons. The van der Waals surface area contributed by atoms with E-state index in [4.69, 9.17) is 10.2 Å². The Hall–Kier alpha value is -2.37. The Morgan fingerprint density at radius 2 is 1.79 bits per heavy atom. The van der Waals surface area contributed by atoms with Gasteiger partial charge in [-0.1, -0.05) is 30.3 Å². The number of benzene rings is 1. The average Bonchev–Trinajstić information content (AvgIpc) is 2.38. The molecule has 0 spiro atoms. The quantitative estimate of drug-likeness (QED) is 0.594. The minimum atomic E-state index is -1.24. The minimum Gasteiger partial charge on any atom is -0.481 e. The largest absolute Gasteiger partial charge is 0.481 e. The number of carboxylic acids is 2. The van der Waals surface area contributed by atoms with E-state index in [1.54, 1.807) is 24.3 Å². The van der Waals surface area contributed by atoms with Crippen molar-refractivity contribution in [2.24, 2.45) is 5.92 Å². The topological polar surface area (TPSA) is 104 Å². The zero-order valence-electron chi connectivity index (χ0n) is 10.2. The second-order valence-corrected chi connectivity index (χ2v) is 4.14. The van der Waals surface area contributed by atoms with Crippen LogP contribution in [0.1, 0.15) is 12.0 Å². The third kappa shape index (κ3) is 4.79. The van der Waals surface area contributed by atoms with Gasteiger partial charge in [-0.25, -0.2) is 4.79 Å². The fraction of sp³-hybridized carbons (Fsp3) is 0.308. The lowest BCUT2D eigenvalue weighted by atomic mass is 9.93. The molecule has 0 aliphatic heterocycles. The van der Waals surface area contributed by atoms with E-state index < -0.39 is 23.9 Å². The van der Waals surface area contributed by atoms with Crippen LogP contribution in [0, 0.1) is 5.92 Å². The summed E-state index contributed by atoms with van der Waals surface area (Å²) in [5.74, 6) is -3.19. The van der Waals surface area contributed by atoms with Crippen molar-refractivity contribution in [2.45, 2.75) is 18.9 Å². The molecular formula is C13H15NO5. The highest BCUT2D eigenvalue weighted by molar-refractivity contribution is 5.78. The van der Waals surface area contributed by atoms with Crippen LogP contribution in [0.2, 0.25) is 0 Å². The fourth-order valence-electron chi connectivity index (χ4n) is 1.78. The van der Waals surface area contributed by atoms with Crippen LogP contribution in [0.4, 0.5) is 0 Å². The van der Waals surface area contributed by atoms with Crippen molar-refractivity contribution < 1.29 is 24.6 Å². The zero-order valence-corrected chi connectivity index (χ0v) is 10.2. The number of aliphatic carboxylic acids is 2. The number of carboxylic acid groups (broad SMARTS) is 2. The fourth-order valence-corrected chi connectivity index (χ4v) is 1.78. The van der Waals surface area contributed by atoms with Crippen molar-refractivity contribution in [1.82, 2.24) is 5.32 Å². The van der Waals surface area contributed by atoms with Gasteiger partial charge in [0.1, 0.15) is 6.04 Å². The number of amides is 1. The molecule has 1 rings (SSSR count). The van der Waals surface area contributed by atoms with E-state index >= 15 is 0 Å². The Morgan fingerprint density at radius 3 is 2.26 bits per heavy atom. The van der Waals surface area contributed by atoms with Crippen LogP contribution >= 0.6 is 0 Å². The van der Waals surface area contributed by atoms with Crippen LogP contribution in [0.25, 0.3) is 0 Å². The molecule has 6 nitrogen and oxygen atoms in total. The number of hydrogen-bond acceptors (Lipinski definition) is 3. The average molecular weight is 265 g/mol. The number of hydrogen-bond donors (Lipinski definition) is 3. The van der Waals surface area contributed by atoms with Gasteiger partial charge in [0.15, 0.2) is 0 Å². The van der Waals surface area contributed by atoms with Gasteiger partial charge in [-0.15, -0.1) is 0 Å². The highest BCUT2D eigenvalue weighted by Gasteiger charge is 2.26. The lowest BCUT2D eigenvalue weighted by Gasteiger charge is -2.17. The summed E-state index contributed by atoms with van der Waals surface area (Å²) in [6, 6.07) is 7.74. The van der Waals surface area contributed by atoms with Crippen molar-refractivity contribution in [3.8, 4) is 0 Å². The Bertz CT molecular complexity index is 446. The Morgan fingerprint density at radius 1 is 1.16 bits per heavy atom. The predicted octanol–water partition coefficient (Wildman–Crippen LogP) is 0.519. The van der Waals surface area contributed by atoms with Crippen molar-refractivity contribution in [2.75, 3.05) is 0 Å². The van der Waals surface area contributed by atoms with E-state index in [9.17, 15) is 14.4 Å². The molecule has 6 heteroatoms. The molecule has 0 aromatic heterocycles. The van der Waals surface area contributed by atoms with Gasteiger partial charge in [-0.05, 0) is 18.4 Å². The molecule has 1 unspecified atom stereocenters. The van der Waals surface area contributed by atoms with E-state index in [1.165, 1.54) is 0 Å². The van der Waals surface area contributed by atoms with E-state index in [-0.39, 0.29) is 19.3 Å². The van der Waals surface area contributed by atoms with Gasteiger partial charge in [-0.3, -0.25) is 9.59 Å². The Balaban J connectivity index is 2.75. The Kier molecular flexibility index (Phi) is 5.53. The van der Waals surface area contributed by atoms with Crippen LogP contribution in [-0.4, -0.2) is 34.6 Å².